The Labute approximate surface area is 96.5 Å². The number of nitrogens with zero attached hydrogens (tertiary/aromatic N) is 2. The van der Waals surface area contributed by atoms with Crippen molar-refractivity contribution in [3.8, 4) is 0 Å². The lowest BCUT2D eigenvalue weighted by atomic mass is 10.2. The second-order valence-electron chi connectivity index (χ2n) is 3.79. The number of rotatable bonds is 3. The highest BCUT2D eigenvalue weighted by Gasteiger charge is 1.89. The molecule has 4 heteroatoms. The van der Waals surface area contributed by atoms with Crippen molar-refractivity contribution in [3.05, 3.63) is 35.9 Å². The zero-order valence-electron chi connectivity index (χ0n) is 10.2. The third-order valence-electron chi connectivity index (χ3n) is 2.44. The predicted molar refractivity (Wildman–Crippen MR) is 65.3 cm³/mol. The summed E-state index contributed by atoms with van der Waals surface area (Å²) in [7, 11) is 0. The molecule has 0 aliphatic rings. The molecule has 2 aromatic heterocycles. The number of aromatic amines is 2. The normalized spacial score (nSPS) is 9.69. The van der Waals surface area contributed by atoms with E-state index in [1.54, 1.807) is 12.7 Å². The first-order valence-electron chi connectivity index (χ1n) is 5.67. The Morgan fingerprint density at radius 2 is 2.00 bits per heavy atom. The molecule has 0 radical (unpaired) electrons. The smallest absolute Gasteiger partial charge is 0.0925 e. The zero-order chi connectivity index (χ0) is 11.8. The Hall–Kier alpha value is -1.58. The van der Waals surface area contributed by atoms with Crippen LogP contribution in [0, 0.1) is 13.8 Å². The fraction of sp³-hybridized carbons (Fsp3) is 0.500. The van der Waals surface area contributed by atoms with Gasteiger partial charge in [-0.05, 0) is 26.7 Å². The Morgan fingerprint density at radius 1 is 1.19 bits per heavy atom. The Bertz CT molecular complexity index is 359. The summed E-state index contributed by atoms with van der Waals surface area (Å²) >= 11 is 0. The van der Waals surface area contributed by atoms with Gasteiger partial charge >= 0.3 is 0 Å². The fourth-order valence-corrected chi connectivity index (χ4v) is 1.22. The van der Waals surface area contributed by atoms with Gasteiger partial charge < -0.3 is 9.97 Å². The molecule has 0 aliphatic carbocycles. The standard InChI is InChI=1S/C7H12N2.C5H8N2/c1-2-3-4-7-5-8-6-9-7;1-4-5(2)7-3-6-4/h5-6H,2-4H2,1H3,(H,8,9);3H,1-2H3,(H,6,7). The van der Waals surface area contributed by atoms with Crippen molar-refractivity contribution in [1.82, 2.24) is 19.9 Å². The van der Waals surface area contributed by atoms with Crippen molar-refractivity contribution < 1.29 is 0 Å². The van der Waals surface area contributed by atoms with Crippen LogP contribution in [0.15, 0.2) is 18.9 Å². The minimum atomic E-state index is 1.08. The van der Waals surface area contributed by atoms with Gasteiger partial charge in [0.25, 0.3) is 0 Å². The number of aromatic nitrogens is 4. The topological polar surface area (TPSA) is 57.4 Å². The highest BCUT2D eigenvalue weighted by molar-refractivity contribution is 5.04. The average Bonchev–Trinajstić information content (AvgIpc) is 2.90. The van der Waals surface area contributed by atoms with Crippen molar-refractivity contribution in [2.24, 2.45) is 0 Å². The van der Waals surface area contributed by atoms with Gasteiger partial charge in [0.2, 0.25) is 0 Å². The third-order valence-corrected chi connectivity index (χ3v) is 2.44. The second-order valence-corrected chi connectivity index (χ2v) is 3.79. The van der Waals surface area contributed by atoms with Crippen LogP contribution < -0.4 is 0 Å². The lowest BCUT2D eigenvalue weighted by Crippen LogP contribution is -1.82. The van der Waals surface area contributed by atoms with E-state index >= 15 is 0 Å². The summed E-state index contributed by atoms with van der Waals surface area (Å²) in [6.07, 6.45) is 8.95. The lowest BCUT2D eigenvalue weighted by molar-refractivity contribution is 0.781. The maximum Gasteiger partial charge on any atom is 0.0925 e. The summed E-state index contributed by atoms with van der Waals surface area (Å²) in [6.45, 7) is 6.17. The van der Waals surface area contributed by atoms with Gasteiger partial charge in [-0.3, -0.25) is 0 Å². The van der Waals surface area contributed by atoms with Crippen LogP contribution in [0.25, 0.3) is 0 Å². The number of aryl methyl sites for hydroxylation is 3. The summed E-state index contributed by atoms with van der Waals surface area (Å²) in [5.41, 5.74) is 3.48. The van der Waals surface area contributed by atoms with Crippen LogP contribution in [0.3, 0.4) is 0 Å². The van der Waals surface area contributed by atoms with Crippen LogP contribution in [0.5, 0.6) is 0 Å². The number of imidazole rings is 2. The maximum absolute atomic E-state index is 3.96. The molecule has 2 heterocycles. The minimum absolute atomic E-state index is 1.08. The van der Waals surface area contributed by atoms with E-state index in [2.05, 4.69) is 26.9 Å². The summed E-state index contributed by atoms with van der Waals surface area (Å²) in [6, 6.07) is 0. The molecule has 16 heavy (non-hydrogen) atoms. The van der Waals surface area contributed by atoms with Crippen molar-refractivity contribution in [2.45, 2.75) is 40.0 Å². The van der Waals surface area contributed by atoms with Gasteiger partial charge in [0, 0.05) is 17.6 Å². The Kier molecular flexibility index (Phi) is 5.32. The van der Waals surface area contributed by atoms with E-state index < -0.39 is 0 Å². The summed E-state index contributed by atoms with van der Waals surface area (Å²) in [5, 5.41) is 0. The largest absolute Gasteiger partial charge is 0.348 e. The molecule has 0 amide bonds. The zero-order valence-corrected chi connectivity index (χ0v) is 10.2. The Balaban J connectivity index is 0.000000165. The molecule has 2 rings (SSSR count). The average molecular weight is 220 g/mol. The number of hydrogen-bond donors (Lipinski definition) is 2. The fourth-order valence-electron chi connectivity index (χ4n) is 1.22. The van der Waals surface area contributed by atoms with Crippen LogP contribution in [0.1, 0.15) is 36.8 Å². The first kappa shape index (κ1) is 12.5. The Morgan fingerprint density at radius 3 is 2.38 bits per heavy atom. The number of hydrogen-bond acceptors (Lipinski definition) is 2. The molecule has 88 valence electrons. The van der Waals surface area contributed by atoms with Gasteiger partial charge in [0.05, 0.1) is 18.3 Å². The molecule has 0 saturated carbocycles. The molecule has 0 bridgehead atoms. The summed E-state index contributed by atoms with van der Waals surface area (Å²) < 4.78 is 0. The van der Waals surface area contributed by atoms with E-state index in [9.17, 15) is 0 Å². The third kappa shape index (κ3) is 4.29. The van der Waals surface area contributed by atoms with Gasteiger partial charge in [-0.15, -0.1) is 0 Å². The van der Waals surface area contributed by atoms with E-state index in [1.807, 2.05) is 20.0 Å². The minimum Gasteiger partial charge on any atom is -0.348 e. The monoisotopic (exact) mass is 220 g/mol. The molecule has 2 N–H and O–H groups in total. The van der Waals surface area contributed by atoms with E-state index in [1.165, 1.54) is 18.5 Å². The highest BCUT2D eigenvalue weighted by Crippen LogP contribution is 1.98. The molecule has 0 aromatic carbocycles. The number of nitrogens with one attached hydrogen (secondary N) is 2. The molecular weight excluding hydrogens is 200 g/mol. The van der Waals surface area contributed by atoms with Gasteiger partial charge in [-0.2, -0.15) is 0 Å². The summed E-state index contributed by atoms with van der Waals surface area (Å²) in [5.74, 6) is 0. The van der Waals surface area contributed by atoms with Crippen LogP contribution in [0.2, 0.25) is 0 Å². The summed E-state index contributed by atoms with van der Waals surface area (Å²) in [4.78, 5) is 13.9. The van der Waals surface area contributed by atoms with E-state index in [4.69, 9.17) is 0 Å². The van der Waals surface area contributed by atoms with Gasteiger partial charge in [0.15, 0.2) is 0 Å². The maximum atomic E-state index is 3.96. The second kappa shape index (κ2) is 6.82. The lowest BCUT2D eigenvalue weighted by Gasteiger charge is -1.90. The molecule has 2 aromatic rings. The van der Waals surface area contributed by atoms with Crippen LogP contribution in [-0.2, 0) is 6.42 Å². The van der Waals surface area contributed by atoms with Gasteiger partial charge in [0.1, 0.15) is 0 Å². The molecule has 0 fully saturated rings. The SMILES string of the molecule is CCCCc1cnc[nH]1.Cc1nc[nH]c1C. The molecular formula is C12H20N4. The quantitative estimate of drug-likeness (QED) is 0.835. The van der Waals surface area contributed by atoms with Crippen molar-refractivity contribution in [2.75, 3.05) is 0 Å². The first-order chi connectivity index (χ1) is 7.74. The predicted octanol–water partition coefficient (Wildman–Crippen LogP) is 2.78. The van der Waals surface area contributed by atoms with Crippen molar-refractivity contribution in [1.29, 1.82) is 0 Å². The first-order valence-corrected chi connectivity index (χ1v) is 5.67. The van der Waals surface area contributed by atoms with E-state index in [0.29, 0.717) is 0 Å². The molecule has 0 aliphatic heterocycles. The van der Waals surface area contributed by atoms with Gasteiger partial charge in [-0.1, -0.05) is 13.3 Å². The molecule has 0 saturated heterocycles. The highest BCUT2D eigenvalue weighted by atomic mass is 14.9. The molecule has 0 spiro atoms. The van der Waals surface area contributed by atoms with Gasteiger partial charge in [-0.25, -0.2) is 9.97 Å². The van der Waals surface area contributed by atoms with Crippen molar-refractivity contribution >= 4 is 0 Å². The van der Waals surface area contributed by atoms with E-state index in [0.717, 1.165) is 17.8 Å². The molecule has 0 atom stereocenters. The van der Waals surface area contributed by atoms with Crippen molar-refractivity contribution in [3.63, 3.8) is 0 Å². The van der Waals surface area contributed by atoms with E-state index in [-0.39, 0.29) is 0 Å². The number of unbranched alkanes of at least 4 members (excludes halogenated alkanes) is 1. The molecule has 0 unspecified atom stereocenters. The molecule has 4 nitrogen and oxygen atoms in total. The van der Waals surface area contributed by atoms with Crippen LogP contribution in [-0.4, -0.2) is 19.9 Å². The van der Waals surface area contributed by atoms with Crippen LogP contribution in [0.4, 0.5) is 0 Å². The van der Waals surface area contributed by atoms with Crippen LogP contribution >= 0.6 is 0 Å². The number of H-pyrrole nitrogens is 2.